The maximum Gasteiger partial charge on any atom is 0.303 e. The van der Waals surface area contributed by atoms with Crippen molar-refractivity contribution in [2.24, 2.45) is 0 Å². The van der Waals surface area contributed by atoms with E-state index in [0.717, 1.165) is 0 Å². The van der Waals surface area contributed by atoms with Gasteiger partial charge < -0.3 is 5.11 Å². The summed E-state index contributed by atoms with van der Waals surface area (Å²) in [6.07, 6.45) is 0.233. The van der Waals surface area contributed by atoms with E-state index in [4.69, 9.17) is 5.11 Å². The second-order valence-electron chi connectivity index (χ2n) is 1.66. The van der Waals surface area contributed by atoms with Crippen LogP contribution in [0.3, 0.4) is 0 Å². The van der Waals surface area contributed by atoms with Crippen molar-refractivity contribution in [1.29, 1.82) is 0 Å². The third kappa shape index (κ3) is 6.67. The number of nitrogens with zero attached hydrogens (tertiary/aromatic N) is 1. The molecule has 0 saturated carbocycles. The van der Waals surface area contributed by atoms with Gasteiger partial charge in [0.1, 0.15) is 0 Å². The van der Waals surface area contributed by atoms with Crippen molar-refractivity contribution in [3.05, 3.63) is 10.1 Å². The molecule has 10 heavy (non-hydrogen) atoms. The lowest BCUT2D eigenvalue weighted by molar-refractivity contribution is -0.544. The molecule has 0 radical (unpaired) electrons. The smallest absolute Gasteiger partial charge is 0.303 e. The fourth-order valence-electron chi connectivity index (χ4n) is 0.410. The molecule has 0 bridgehead atoms. The van der Waals surface area contributed by atoms with Crippen LogP contribution < -0.4 is 5.43 Å². The molecule has 6 heteroatoms. The van der Waals surface area contributed by atoms with Crippen molar-refractivity contribution in [1.82, 2.24) is 5.43 Å². The maximum absolute atomic E-state index is 9.85. The van der Waals surface area contributed by atoms with Gasteiger partial charge in [-0.15, -0.1) is 5.43 Å². The largest absolute Gasteiger partial charge is 0.481 e. The van der Waals surface area contributed by atoms with Crippen LogP contribution in [0.15, 0.2) is 0 Å². The summed E-state index contributed by atoms with van der Waals surface area (Å²) in [5, 5.41) is 17.0. The van der Waals surface area contributed by atoms with E-state index in [2.05, 4.69) is 0 Å². The average Bonchev–Trinajstić information content (AvgIpc) is 1.79. The van der Waals surface area contributed by atoms with Gasteiger partial charge in [-0.3, -0.25) is 4.79 Å². The predicted molar refractivity (Wildman–Crippen MR) is 31.9 cm³/mol. The number of nitrogens with one attached hydrogen (secondary N) is 1. The SMILES string of the molecule is O=C(O)CCCN[N+](=O)[O-]. The lowest BCUT2D eigenvalue weighted by Crippen LogP contribution is -2.22. The molecule has 0 aliphatic rings. The maximum atomic E-state index is 9.85. The first kappa shape index (κ1) is 8.67. The first-order valence-electron chi connectivity index (χ1n) is 2.72. The molecular weight excluding hydrogens is 140 g/mol. The Morgan fingerprint density at radius 3 is 2.70 bits per heavy atom. The van der Waals surface area contributed by atoms with E-state index in [1.54, 1.807) is 0 Å². The molecule has 0 unspecified atom stereocenters. The van der Waals surface area contributed by atoms with Crippen molar-refractivity contribution in [2.45, 2.75) is 12.8 Å². The number of carbonyl (C=O) groups is 1. The highest BCUT2D eigenvalue weighted by Gasteiger charge is 1.97. The number of nitro groups is 1. The van der Waals surface area contributed by atoms with Gasteiger partial charge in [-0.05, 0) is 6.42 Å². The molecule has 0 amide bonds. The highest BCUT2D eigenvalue weighted by atomic mass is 16.7. The van der Waals surface area contributed by atoms with Crippen LogP contribution in [0.5, 0.6) is 0 Å². The Hall–Kier alpha value is -1.33. The van der Waals surface area contributed by atoms with Gasteiger partial charge in [-0.1, -0.05) is 0 Å². The molecule has 0 aromatic heterocycles. The molecule has 0 saturated heterocycles. The molecule has 0 aromatic rings. The number of carboxylic acid groups (broad SMARTS) is 1. The Morgan fingerprint density at radius 1 is 1.70 bits per heavy atom. The summed E-state index contributed by atoms with van der Waals surface area (Å²) in [5.74, 6) is -0.940. The van der Waals surface area contributed by atoms with Gasteiger partial charge in [0.05, 0.1) is 6.54 Å². The molecule has 0 aromatic carbocycles. The van der Waals surface area contributed by atoms with Crippen molar-refractivity contribution in [3.63, 3.8) is 0 Å². The van der Waals surface area contributed by atoms with Crippen molar-refractivity contribution in [3.8, 4) is 0 Å². The lowest BCUT2D eigenvalue weighted by Gasteiger charge is -1.93. The molecular formula is C4H8N2O4. The molecule has 2 N–H and O–H groups in total. The van der Waals surface area contributed by atoms with Crippen LogP contribution in [0, 0.1) is 10.1 Å². The third-order valence-corrected chi connectivity index (χ3v) is 0.808. The number of hydrogen-bond acceptors (Lipinski definition) is 3. The van der Waals surface area contributed by atoms with Crippen LogP contribution in [0.25, 0.3) is 0 Å². The average molecular weight is 148 g/mol. The van der Waals surface area contributed by atoms with Crippen LogP contribution in [0.4, 0.5) is 0 Å². The zero-order chi connectivity index (χ0) is 7.98. The molecule has 0 fully saturated rings. The quantitative estimate of drug-likeness (QED) is 0.315. The van der Waals surface area contributed by atoms with Gasteiger partial charge in [0.25, 0.3) is 0 Å². The predicted octanol–water partition coefficient (Wildman–Crippen LogP) is -0.367. The summed E-state index contributed by atoms with van der Waals surface area (Å²) >= 11 is 0. The Kier molecular flexibility index (Phi) is 3.94. The third-order valence-electron chi connectivity index (χ3n) is 0.808. The Bertz CT molecular complexity index is 119. The Balaban J connectivity index is 3.06. The van der Waals surface area contributed by atoms with E-state index in [-0.39, 0.29) is 19.4 Å². The van der Waals surface area contributed by atoms with Gasteiger partial charge in [0.15, 0.2) is 5.03 Å². The Labute approximate surface area is 57.0 Å². The number of hydrazine groups is 1. The summed E-state index contributed by atoms with van der Waals surface area (Å²) in [6, 6.07) is 0. The zero-order valence-electron chi connectivity index (χ0n) is 5.24. The van der Waals surface area contributed by atoms with Gasteiger partial charge in [-0.25, -0.2) is 10.1 Å². The van der Waals surface area contributed by atoms with Gasteiger partial charge in [0.2, 0.25) is 0 Å². The highest BCUT2D eigenvalue weighted by molar-refractivity contribution is 5.66. The molecule has 0 aliphatic carbocycles. The second kappa shape index (κ2) is 4.54. The molecule has 0 aliphatic heterocycles. The van der Waals surface area contributed by atoms with Crippen molar-refractivity contribution < 1.29 is 14.9 Å². The van der Waals surface area contributed by atoms with E-state index in [1.165, 1.54) is 0 Å². The monoisotopic (exact) mass is 148 g/mol. The van der Waals surface area contributed by atoms with Gasteiger partial charge in [-0.2, -0.15) is 0 Å². The summed E-state index contributed by atoms with van der Waals surface area (Å²) in [6.45, 7) is 0.0965. The standard InChI is InChI=1S/C4H8N2O4/c7-4(8)2-1-3-5-6(9)10/h5H,1-3H2,(H,7,8). The molecule has 0 spiro atoms. The summed E-state index contributed by atoms with van der Waals surface area (Å²) in [4.78, 5) is 19.4. The van der Waals surface area contributed by atoms with E-state index in [9.17, 15) is 14.9 Å². The molecule has 6 nitrogen and oxygen atoms in total. The van der Waals surface area contributed by atoms with E-state index in [0.29, 0.717) is 0 Å². The normalized spacial score (nSPS) is 8.80. The summed E-state index contributed by atoms with van der Waals surface area (Å²) in [7, 11) is 0. The summed E-state index contributed by atoms with van der Waals surface area (Å²) < 4.78 is 0. The van der Waals surface area contributed by atoms with Gasteiger partial charge >= 0.3 is 5.97 Å². The Morgan fingerprint density at radius 2 is 2.30 bits per heavy atom. The van der Waals surface area contributed by atoms with Gasteiger partial charge in [0, 0.05) is 6.42 Å². The van der Waals surface area contributed by atoms with E-state index < -0.39 is 11.0 Å². The summed E-state index contributed by atoms with van der Waals surface area (Å²) in [5.41, 5.74) is 1.86. The number of rotatable bonds is 5. The molecule has 0 rings (SSSR count). The minimum absolute atomic E-state index is 0.0408. The van der Waals surface area contributed by atoms with E-state index >= 15 is 0 Å². The lowest BCUT2D eigenvalue weighted by atomic mass is 10.3. The number of hydrogen-bond donors (Lipinski definition) is 2. The highest BCUT2D eigenvalue weighted by Crippen LogP contribution is 1.84. The first-order chi connectivity index (χ1) is 4.63. The fraction of sp³-hybridized carbons (Fsp3) is 0.750. The van der Waals surface area contributed by atoms with Crippen LogP contribution in [-0.2, 0) is 4.79 Å². The first-order valence-corrected chi connectivity index (χ1v) is 2.72. The topological polar surface area (TPSA) is 92.5 Å². The second-order valence-corrected chi connectivity index (χ2v) is 1.66. The van der Waals surface area contributed by atoms with Crippen LogP contribution in [0.1, 0.15) is 12.8 Å². The minimum Gasteiger partial charge on any atom is -0.481 e. The van der Waals surface area contributed by atoms with Crippen LogP contribution >= 0.6 is 0 Å². The van der Waals surface area contributed by atoms with Crippen LogP contribution in [-0.4, -0.2) is 22.7 Å². The number of aliphatic carboxylic acids is 1. The number of carboxylic acids is 1. The molecule has 0 heterocycles. The van der Waals surface area contributed by atoms with E-state index in [1.807, 2.05) is 5.43 Å². The molecule has 0 atom stereocenters. The van der Waals surface area contributed by atoms with Crippen LogP contribution in [0.2, 0.25) is 0 Å². The van der Waals surface area contributed by atoms with Crippen molar-refractivity contribution >= 4 is 5.97 Å². The molecule has 58 valence electrons. The van der Waals surface area contributed by atoms with Crippen molar-refractivity contribution in [2.75, 3.05) is 6.54 Å². The zero-order valence-corrected chi connectivity index (χ0v) is 5.24. The minimum atomic E-state index is -0.940. The fourth-order valence-corrected chi connectivity index (χ4v) is 0.410.